The number of anilines is 3. The third-order valence-electron chi connectivity index (χ3n) is 13.2. The fourth-order valence-electron chi connectivity index (χ4n) is 9.91. The van der Waals surface area contributed by atoms with Crippen molar-refractivity contribution in [3.05, 3.63) is 160 Å². The molecule has 0 aliphatic heterocycles. The molecule has 1 nitrogen and oxygen atoms in total. The van der Waals surface area contributed by atoms with Crippen molar-refractivity contribution in [1.29, 1.82) is 0 Å². The zero-order chi connectivity index (χ0) is 36.7. The van der Waals surface area contributed by atoms with Crippen LogP contribution in [-0.4, -0.2) is 0 Å². The molecule has 0 fully saturated rings. The molecule has 1 heteroatoms. The van der Waals surface area contributed by atoms with Crippen molar-refractivity contribution in [2.24, 2.45) is 0 Å². The van der Waals surface area contributed by atoms with Crippen molar-refractivity contribution in [2.45, 2.75) is 103 Å². The van der Waals surface area contributed by atoms with Crippen molar-refractivity contribution in [3.63, 3.8) is 0 Å². The highest BCUT2D eigenvalue weighted by Gasteiger charge is 2.39. The molecule has 0 heterocycles. The van der Waals surface area contributed by atoms with Crippen LogP contribution in [0.5, 0.6) is 0 Å². The Bertz CT molecular complexity index is 2370. The van der Waals surface area contributed by atoms with E-state index in [4.69, 9.17) is 0 Å². The Morgan fingerprint density at radius 2 is 1.08 bits per heavy atom. The molecule has 0 radical (unpaired) electrons. The van der Waals surface area contributed by atoms with Crippen LogP contribution in [0.15, 0.2) is 121 Å². The fraction of sp³-hybridized carbons (Fsp3) is 0.308. The van der Waals surface area contributed by atoms with Crippen LogP contribution in [-0.2, 0) is 29.1 Å². The average molecular weight is 692 g/mol. The number of rotatable bonds is 5. The summed E-state index contributed by atoms with van der Waals surface area (Å²) in [5.41, 5.74) is 21.9. The van der Waals surface area contributed by atoms with Gasteiger partial charge in [0, 0.05) is 22.4 Å². The normalized spacial score (nSPS) is 17.3. The standard InChI is InChI=1S/C52H53N/c1-34-29-37-17-11-12-18-38(37)30-42(34)44-32-43-41-19-13-14-20-45(41)52(6,7)47(43)33-49(44)53(39-23-21-36(22-24-39)35-15-9-8-10-16-35)40-25-26-46-48(31-40)51(4,5)28-27-50(46,2)3/h8-10,13-16,19-26,29-33H,11-12,17-18,27-28H2,1-7H3. The number of hydrogen-bond acceptors (Lipinski definition) is 1. The van der Waals surface area contributed by atoms with E-state index in [0.717, 1.165) is 0 Å². The molecule has 6 aromatic carbocycles. The molecule has 3 aliphatic rings. The molecule has 0 aromatic heterocycles. The second kappa shape index (κ2) is 12.3. The Morgan fingerprint density at radius 1 is 0.453 bits per heavy atom. The first-order chi connectivity index (χ1) is 25.4. The van der Waals surface area contributed by atoms with Gasteiger partial charge in [-0.1, -0.05) is 126 Å². The lowest BCUT2D eigenvalue weighted by Gasteiger charge is -2.42. The first kappa shape index (κ1) is 33.9. The predicted molar refractivity (Wildman–Crippen MR) is 226 cm³/mol. The summed E-state index contributed by atoms with van der Waals surface area (Å²) in [5.74, 6) is 0. The first-order valence-corrected chi connectivity index (χ1v) is 19.9. The number of benzene rings is 6. The fourth-order valence-corrected chi connectivity index (χ4v) is 9.91. The Hall–Kier alpha value is -4.88. The van der Waals surface area contributed by atoms with E-state index in [1.165, 1.54) is 122 Å². The highest BCUT2D eigenvalue weighted by Crippen LogP contribution is 2.55. The van der Waals surface area contributed by atoms with Crippen molar-refractivity contribution < 1.29 is 0 Å². The molecule has 266 valence electrons. The predicted octanol–water partition coefficient (Wildman–Crippen LogP) is 14.3. The van der Waals surface area contributed by atoms with Crippen LogP contribution in [0, 0.1) is 6.92 Å². The highest BCUT2D eigenvalue weighted by atomic mass is 15.1. The van der Waals surface area contributed by atoms with Crippen molar-refractivity contribution in [3.8, 4) is 33.4 Å². The van der Waals surface area contributed by atoms with Crippen LogP contribution in [0.1, 0.15) is 106 Å². The lowest BCUT2D eigenvalue weighted by molar-refractivity contribution is 0.332. The summed E-state index contributed by atoms with van der Waals surface area (Å²) in [7, 11) is 0. The lowest BCUT2D eigenvalue weighted by atomic mass is 9.63. The molecular formula is C52H53N. The van der Waals surface area contributed by atoms with E-state index in [2.05, 4.69) is 175 Å². The molecule has 9 rings (SSSR count). The van der Waals surface area contributed by atoms with Gasteiger partial charge in [-0.3, -0.25) is 0 Å². The van der Waals surface area contributed by atoms with Gasteiger partial charge in [-0.05, 0) is 159 Å². The zero-order valence-electron chi connectivity index (χ0n) is 32.7. The number of nitrogens with zero attached hydrogens (tertiary/aromatic N) is 1. The van der Waals surface area contributed by atoms with Crippen molar-refractivity contribution in [1.82, 2.24) is 0 Å². The molecule has 3 aliphatic carbocycles. The van der Waals surface area contributed by atoms with Crippen LogP contribution >= 0.6 is 0 Å². The van der Waals surface area contributed by atoms with E-state index in [-0.39, 0.29) is 16.2 Å². The third kappa shape index (κ3) is 5.58. The maximum atomic E-state index is 2.58. The minimum atomic E-state index is -0.116. The highest BCUT2D eigenvalue weighted by molar-refractivity contribution is 5.96. The second-order valence-electron chi connectivity index (χ2n) is 18.0. The van der Waals surface area contributed by atoms with E-state index in [1.807, 2.05) is 0 Å². The average Bonchev–Trinajstić information content (AvgIpc) is 3.39. The van der Waals surface area contributed by atoms with Crippen LogP contribution in [0.2, 0.25) is 0 Å². The molecule has 0 bridgehead atoms. The van der Waals surface area contributed by atoms with Crippen molar-refractivity contribution in [2.75, 3.05) is 4.90 Å². The molecule has 0 amide bonds. The quantitative estimate of drug-likeness (QED) is 0.174. The molecular weight excluding hydrogens is 639 g/mol. The smallest absolute Gasteiger partial charge is 0.0543 e. The summed E-state index contributed by atoms with van der Waals surface area (Å²) in [4.78, 5) is 2.58. The van der Waals surface area contributed by atoms with Crippen LogP contribution in [0.25, 0.3) is 33.4 Å². The van der Waals surface area contributed by atoms with Gasteiger partial charge in [-0.2, -0.15) is 0 Å². The minimum absolute atomic E-state index is 0.100. The number of fused-ring (bicyclic) bond motifs is 5. The van der Waals surface area contributed by atoms with Crippen LogP contribution in [0.4, 0.5) is 17.1 Å². The third-order valence-corrected chi connectivity index (χ3v) is 13.2. The van der Waals surface area contributed by atoms with E-state index in [9.17, 15) is 0 Å². The van der Waals surface area contributed by atoms with E-state index in [0.29, 0.717) is 0 Å². The number of aryl methyl sites for hydroxylation is 3. The van der Waals surface area contributed by atoms with Crippen LogP contribution in [0.3, 0.4) is 0 Å². The molecule has 6 aromatic rings. The largest absolute Gasteiger partial charge is 0.310 e. The molecule has 0 saturated carbocycles. The van der Waals surface area contributed by atoms with E-state index in [1.54, 1.807) is 5.56 Å². The molecule has 0 N–H and O–H groups in total. The molecule has 0 saturated heterocycles. The second-order valence-corrected chi connectivity index (χ2v) is 18.0. The van der Waals surface area contributed by atoms with Gasteiger partial charge < -0.3 is 4.90 Å². The van der Waals surface area contributed by atoms with Crippen molar-refractivity contribution >= 4 is 17.1 Å². The zero-order valence-corrected chi connectivity index (χ0v) is 32.7. The van der Waals surface area contributed by atoms with Gasteiger partial charge in [0.2, 0.25) is 0 Å². The van der Waals surface area contributed by atoms with Crippen LogP contribution < -0.4 is 4.90 Å². The Balaban J connectivity index is 1.33. The Kier molecular flexibility index (Phi) is 7.90. The van der Waals surface area contributed by atoms with Gasteiger partial charge in [0.1, 0.15) is 0 Å². The maximum Gasteiger partial charge on any atom is 0.0543 e. The summed E-state index contributed by atoms with van der Waals surface area (Å²) >= 11 is 0. The summed E-state index contributed by atoms with van der Waals surface area (Å²) in [6.45, 7) is 16.9. The minimum Gasteiger partial charge on any atom is -0.310 e. The van der Waals surface area contributed by atoms with Gasteiger partial charge in [-0.25, -0.2) is 0 Å². The Labute approximate surface area is 317 Å². The van der Waals surface area contributed by atoms with E-state index < -0.39 is 0 Å². The van der Waals surface area contributed by atoms with Gasteiger partial charge in [-0.15, -0.1) is 0 Å². The summed E-state index contributed by atoms with van der Waals surface area (Å²) in [6, 6.07) is 46.7. The first-order valence-electron chi connectivity index (χ1n) is 19.9. The monoisotopic (exact) mass is 691 g/mol. The van der Waals surface area contributed by atoms with Gasteiger partial charge >= 0.3 is 0 Å². The summed E-state index contributed by atoms with van der Waals surface area (Å²) in [5, 5.41) is 0. The molecule has 0 atom stereocenters. The molecule has 0 unspecified atom stereocenters. The lowest BCUT2D eigenvalue weighted by Crippen LogP contribution is -2.34. The summed E-state index contributed by atoms with van der Waals surface area (Å²) in [6.07, 6.45) is 7.32. The van der Waals surface area contributed by atoms with Gasteiger partial charge in [0.25, 0.3) is 0 Å². The topological polar surface area (TPSA) is 3.24 Å². The summed E-state index contributed by atoms with van der Waals surface area (Å²) < 4.78 is 0. The number of hydrogen-bond donors (Lipinski definition) is 0. The maximum absolute atomic E-state index is 2.58. The Morgan fingerprint density at radius 3 is 1.81 bits per heavy atom. The molecule has 0 spiro atoms. The molecule has 53 heavy (non-hydrogen) atoms. The SMILES string of the molecule is Cc1cc2c(cc1-c1cc3c(cc1N(c1ccc(-c4ccccc4)cc1)c1ccc4c(c1)C(C)(C)CCC4(C)C)C(C)(C)c1ccccc1-3)CCCC2. The van der Waals surface area contributed by atoms with Gasteiger partial charge in [0.15, 0.2) is 0 Å². The van der Waals surface area contributed by atoms with E-state index >= 15 is 0 Å². The van der Waals surface area contributed by atoms with Gasteiger partial charge in [0.05, 0.1) is 5.69 Å².